The van der Waals surface area contributed by atoms with Crippen molar-refractivity contribution < 1.29 is 9.90 Å². The molecular weight excluding hydrogens is 206 g/mol. The molecular formula is C11H17N3O2. The molecule has 0 aliphatic heterocycles. The van der Waals surface area contributed by atoms with Crippen LogP contribution in [0.1, 0.15) is 26.6 Å². The smallest absolute Gasteiger partial charge is 0.328 e. The number of hydrogen-bond donors (Lipinski definition) is 1. The minimum Gasteiger partial charge on any atom is -0.480 e. The Hall–Kier alpha value is -1.65. The van der Waals surface area contributed by atoms with Gasteiger partial charge in [-0.15, -0.1) is 0 Å². The van der Waals surface area contributed by atoms with Gasteiger partial charge in [0, 0.05) is 12.7 Å². The van der Waals surface area contributed by atoms with Crippen molar-refractivity contribution in [3.63, 3.8) is 0 Å². The molecule has 88 valence electrons. The largest absolute Gasteiger partial charge is 0.480 e. The fourth-order valence-electron chi connectivity index (χ4n) is 1.55. The molecule has 0 saturated carbocycles. The Balaban J connectivity index is 3.12. The molecule has 1 rings (SSSR count). The first kappa shape index (κ1) is 12.4. The number of nitrogens with zero attached hydrogens (tertiary/aromatic N) is 3. The van der Waals surface area contributed by atoms with Gasteiger partial charge >= 0.3 is 5.97 Å². The third-order valence-electron chi connectivity index (χ3n) is 2.55. The summed E-state index contributed by atoms with van der Waals surface area (Å²) in [5.41, 5.74) is -0.977. The number of likely N-dealkylation sites (N-methyl/N-ethyl adjacent to an activating group) is 1. The van der Waals surface area contributed by atoms with E-state index in [0.717, 1.165) is 0 Å². The van der Waals surface area contributed by atoms with Gasteiger partial charge in [0.25, 0.3) is 0 Å². The number of aryl methyl sites for hydroxylation is 1. The highest BCUT2D eigenvalue weighted by Gasteiger charge is 2.34. The Labute approximate surface area is 95.1 Å². The summed E-state index contributed by atoms with van der Waals surface area (Å²) in [6.45, 7) is 7.59. The van der Waals surface area contributed by atoms with E-state index in [0.29, 0.717) is 18.2 Å². The standard InChI is InChI=1S/C11H17N3O2/c1-5-14(11(3,4)10(15)16)9-6-7-12-8(2)13-9/h6-7H,5H2,1-4H3,(H,15,16). The van der Waals surface area contributed by atoms with E-state index in [1.807, 2.05) is 6.92 Å². The third-order valence-corrected chi connectivity index (χ3v) is 2.55. The van der Waals surface area contributed by atoms with Gasteiger partial charge in [-0.3, -0.25) is 0 Å². The van der Waals surface area contributed by atoms with Crippen LogP contribution in [0.25, 0.3) is 0 Å². The topological polar surface area (TPSA) is 66.3 Å². The van der Waals surface area contributed by atoms with Crippen molar-refractivity contribution in [3.8, 4) is 0 Å². The van der Waals surface area contributed by atoms with Gasteiger partial charge in [0.2, 0.25) is 0 Å². The molecule has 0 radical (unpaired) electrons. The zero-order chi connectivity index (χ0) is 12.3. The molecule has 0 unspecified atom stereocenters. The van der Waals surface area contributed by atoms with Crippen molar-refractivity contribution in [1.29, 1.82) is 0 Å². The molecule has 1 aromatic rings. The lowest BCUT2D eigenvalue weighted by Gasteiger charge is -2.35. The van der Waals surface area contributed by atoms with Crippen LogP contribution in [-0.2, 0) is 4.79 Å². The highest BCUT2D eigenvalue weighted by atomic mass is 16.4. The molecule has 1 aromatic heterocycles. The summed E-state index contributed by atoms with van der Waals surface area (Å²) in [7, 11) is 0. The number of aromatic nitrogens is 2. The molecule has 1 heterocycles. The van der Waals surface area contributed by atoms with E-state index >= 15 is 0 Å². The number of rotatable bonds is 4. The molecule has 1 N–H and O–H groups in total. The second-order valence-corrected chi connectivity index (χ2v) is 4.07. The van der Waals surface area contributed by atoms with Gasteiger partial charge in [-0.05, 0) is 33.8 Å². The number of carboxylic acid groups (broad SMARTS) is 1. The number of anilines is 1. The first-order valence-electron chi connectivity index (χ1n) is 5.20. The van der Waals surface area contributed by atoms with Crippen LogP contribution in [0.4, 0.5) is 5.82 Å². The first-order valence-corrected chi connectivity index (χ1v) is 5.20. The van der Waals surface area contributed by atoms with Crippen LogP contribution in [0.15, 0.2) is 12.3 Å². The maximum atomic E-state index is 11.2. The van der Waals surface area contributed by atoms with Crippen molar-refractivity contribution in [3.05, 3.63) is 18.1 Å². The summed E-state index contributed by atoms with van der Waals surface area (Å²) in [6.07, 6.45) is 1.64. The fourth-order valence-corrected chi connectivity index (χ4v) is 1.55. The van der Waals surface area contributed by atoms with E-state index < -0.39 is 11.5 Å². The Morgan fingerprint density at radius 2 is 2.19 bits per heavy atom. The van der Waals surface area contributed by atoms with E-state index in [9.17, 15) is 9.90 Å². The second-order valence-electron chi connectivity index (χ2n) is 4.07. The zero-order valence-corrected chi connectivity index (χ0v) is 10.1. The molecule has 5 heteroatoms. The van der Waals surface area contributed by atoms with E-state index in [-0.39, 0.29) is 0 Å². The van der Waals surface area contributed by atoms with E-state index in [1.165, 1.54) is 0 Å². The number of carboxylic acids is 1. The predicted molar refractivity (Wildman–Crippen MR) is 61.5 cm³/mol. The van der Waals surface area contributed by atoms with Crippen LogP contribution >= 0.6 is 0 Å². The number of aliphatic carboxylic acids is 1. The minimum atomic E-state index is -0.977. The SMILES string of the molecule is CCN(c1ccnc(C)n1)C(C)(C)C(=O)O. The Bertz CT molecular complexity index is 391. The van der Waals surface area contributed by atoms with Gasteiger partial charge in [-0.2, -0.15) is 0 Å². The molecule has 0 saturated heterocycles. The average Bonchev–Trinajstić information content (AvgIpc) is 2.18. The second kappa shape index (κ2) is 4.47. The molecule has 0 bridgehead atoms. The van der Waals surface area contributed by atoms with Gasteiger partial charge in [0.15, 0.2) is 0 Å². The van der Waals surface area contributed by atoms with Crippen LogP contribution in [0.3, 0.4) is 0 Å². The van der Waals surface area contributed by atoms with Crippen LogP contribution in [0.5, 0.6) is 0 Å². The van der Waals surface area contributed by atoms with Crippen LogP contribution in [-0.4, -0.2) is 33.1 Å². The highest BCUT2D eigenvalue weighted by molar-refractivity contribution is 5.82. The van der Waals surface area contributed by atoms with Crippen molar-refractivity contribution in [2.75, 3.05) is 11.4 Å². The van der Waals surface area contributed by atoms with E-state index in [4.69, 9.17) is 0 Å². The summed E-state index contributed by atoms with van der Waals surface area (Å²) >= 11 is 0. The lowest BCUT2D eigenvalue weighted by Crippen LogP contribution is -2.50. The Kier molecular flexibility index (Phi) is 3.47. The summed E-state index contributed by atoms with van der Waals surface area (Å²) in [6, 6.07) is 1.72. The molecule has 0 aliphatic rings. The maximum absolute atomic E-state index is 11.2. The Morgan fingerprint density at radius 1 is 1.56 bits per heavy atom. The number of carbonyl (C=O) groups is 1. The summed E-state index contributed by atoms with van der Waals surface area (Å²) in [4.78, 5) is 21.2. The quantitative estimate of drug-likeness (QED) is 0.837. The Morgan fingerprint density at radius 3 is 2.62 bits per heavy atom. The summed E-state index contributed by atoms with van der Waals surface area (Å²) < 4.78 is 0. The fraction of sp³-hybridized carbons (Fsp3) is 0.545. The first-order chi connectivity index (χ1) is 7.39. The molecule has 0 atom stereocenters. The molecule has 0 amide bonds. The monoisotopic (exact) mass is 223 g/mol. The van der Waals surface area contributed by atoms with Crippen LogP contribution in [0.2, 0.25) is 0 Å². The van der Waals surface area contributed by atoms with Crippen LogP contribution < -0.4 is 4.90 Å². The van der Waals surface area contributed by atoms with Crippen molar-refractivity contribution >= 4 is 11.8 Å². The molecule has 0 fully saturated rings. The molecule has 0 spiro atoms. The van der Waals surface area contributed by atoms with Gasteiger partial charge in [-0.1, -0.05) is 0 Å². The lowest BCUT2D eigenvalue weighted by atomic mass is 10.0. The normalized spacial score (nSPS) is 11.2. The highest BCUT2D eigenvalue weighted by Crippen LogP contribution is 2.21. The van der Waals surface area contributed by atoms with Crippen molar-refractivity contribution in [2.45, 2.75) is 33.2 Å². The van der Waals surface area contributed by atoms with Gasteiger partial charge in [0.1, 0.15) is 17.2 Å². The van der Waals surface area contributed by atoms with Gasteiger partial charge in [0.05, 0.1) is 0 Å². The van der Waals surface area contributed by atoms with Crippen molar-refractivity contribution in [2.24, 2.45) is 0 Å². The van der Waals surface area contributed by atoms with Crippen molar-refractivity contribution in [1.82, 2.24) is 9.97 Å². The summed E-state index contributed by atoms with van der Waals surface area (Å²) in [5.74, 6) is 0.408. The van der Waals surface area contributed by atoms with E-state index in [2.05, 4.69) is 9.97 Å². The number of hydrogen-bond acceptors (Lipinski definition) is 4. The molecule has 5 nitrogen and oxygen atoms in total. The average molecular weight is 223 g/mol. The van der Waals surface area contributed by atoms with Gasteiger partial charge < -0.3 is 10.0 Å². The molecule has 0 aromatic carbocycles. The van der Waals surface area contributed by atoms with E-state index in [1.54, 1.807) is 37.9 Å². The molecule has 0 aliphatic carbocycles. The van der Waals surface area contributed by atoms with Crippen LogP contribution in [0, 0.1) is 6.92 Å². The minimum absolute atomic E-state index is 0.579. The third kappa shape index (κ3) is 2.29. The maximum Gasteiger partial charge on any atom is 0.328 e. The zero-order valence-electron chi connectivity index (χ0n) is 10.1. The molecule has 16 heavy (non-hydrogen) atoms. The lowest BCUT2D eigenvalue weighted by molar-refractivity contribution is -0.142. The predicted octanol–water partition coefficient (Wildman–Crippen LogP) is 1.47. The summed E-state index contributed by atoms with van der Waals surface area (Å²) in [5, 5.41) is 9.19. The van der Waals surface area contributed by atoms with Gasteiger partial charge in [-0.25, -0.2) is 14.8 Å².